The van der Waals surface area contributed by atoms with Crippen LogP contribution < -0.4 is 10.5 Å². The van der Waals surface area contributed by atoms with Crippen LogP contribution in [0.1, 0.15) is 15.9 Å². The number of halogens is 1. The number of carbonyl (C=O) groups excluding carboxylic acids is 1. The lowest BCUT2D eigenvalue weighted by molar-refractivity contribution is -0.119. The van der Waals surface area contributed by atoms with E-state index in [0.29, 0.717) is 11.4 Å². The minimum atomic E-state index is -1.11. The fraction of sp³-hybridized carbons (Fsp3) is 0.0625. The van der Waals surface area contributed by atoms with Crippen LogP contribution in [0.2, 0.25) is 5.02 Å². The highest BCUT2D eigenvalue weighted by molar-refractivity contribution is 6.33. The molecule has 118 valence electrons. The van der Waals surface area contributed by atoms with Crippen molar-refractivity contribution < 1.29 is 19.4 Å². The van der Waals surface area contributed by atoms with Crippen molar-refractivity contribution in [3.8, 4) is 5.75 Å². The number of nitrogens with two attached hydrogens (primary N) is 1. The predicted octanol–water partition coefficient (Wildman–Crippen LogP) is 2.65. The van der Waals surface area contributed by atoms with Gasteiger partial charge in [-0.05, 0) is 48.0 Å². The molecule has 0 unspecified atom stereocenters. The smallest absolute Gasteiger partial charge is 0.337 e. The Morgan fingerprint density at radius 3 is 2.52 bits per heavy atom. The third-order valence-corrected chi connectivity index (χ3v) is 3.13. The molecule has 0 aliphatic heterocycles. The zero-order chi connectivity index (χ0) is 16.8. The molecule has 2 rings (SSSR count). The van der Waals surface area contributed by atoms with E-state index in [0.717, 1.165) is 5.56 Å². The van der Waals surface area contributed by atoms with Gasteiger partial charge in [0.05, 0.1) is 16.3 Å². The van der Waals surface area contributed by atoms with E-state index >= 15 is 0 Å². The second kappa shape index (κ2) is 7.42. The van der Waals surface area contributed by atoms with Gasteiger partial charge in [0.2, 0.25) is 0 Å². The number of aliphatic imine (C=N–C) groups is 1. The Kier molecular flexibility index (Phi) is 5.32. The lowest BCUT2D eigenvalue weighted by Gasteiger charge is -2.03. The fourth-order valence-corrected chi connectivity index (χ4v) is 1.91. The van der Waals surface area contributed by atoms with Gasteiger partial charge in [-0.1, -0.05) is 11.6 Å². The Labute approximate surface area is 137 Å². The van der Waals surface area contributed by atoms with Crippen LogP contribution in [0.5, 0.6) is 5.75 Å². The van der Waals surface area contributed by atoms with Gasteiger partial charge in [-0.15, -0.1) is 0 Å². The Hall–Kier alpha value is -2.86. The summed E-state index contributed by atoms with van der Waals surface area (Å²) in [6.45, 7) is -0.184. The van der Waals surface area contributed by atoms with Crippen molar-refractivity contribution in [1.29, 1.82) is 0 Å². The van der Waals surface area contributed by atoms with Crippen LogP contribution >= 0.6 is 11.6 Å². The van der Waals surface area contributed by atoms with Crippen LogP contribution in [0.15, 0.2) is 47.5 Å². The zero-order valence-corrected chi connectivity index (χ0v) is 12.7. The molecule has 6 nitrogen and oxygen atoms in total. The van der Waals surface area contributed by atoms with E-state index in [1.807, 2.05) is 0 Å². The normalized spacial score (nSPS) is 10.7. The molecule has 0 fully saturated rings. The summed E-state index contributed by atoms with van der Waals surface area (Å²) in [7, 11) is 0. The zero-order valence-electron chi connectivity index (χ0n) is 11.9. The summed E-state index contributed by atoms with van der Waals surface area (Å²) >= 11 is 5.80. The summed E-state index contributed by atoms with van der Waals surface area (Å²) in [4.78, 5) is 25.8. The van der Waals surface area contributed by atoms with Crippen LogP contribution in [0.25, 0.3) is 0 Å². The van der Waals surface area contributed by atoms with Crippen LogP contribution in [-0.4, -0.2) is 29.8 Å². The summed E-state index contributed by atoms with van der Waals surface area (Å²) in [6, 6.07) is 11.3. The van der Waals surface area contributed by atoms with E-state index in [9.17, 15) is 9.59 Å². The first-order valence-corrected chi connectivity index (χ1v) is 6.91. The van der Waals surface area contributed by atoms with Gasteiger partial charge in [0.15, 0.2) is 6.61 Å². The first-order chi connectivity index (χ1) is 11.0. The summed E-state index contributed by atoms with van der Waals surface area (Å²) < 4.78 is 5.14. The van der Waals surface area contributed by atoms with Crippen molar-refractivity contribution in [2.75, 3.05) is 6.61 Å². The van der Waals surface area contributed by atoms with Crippen molar-refractivity contribution in [3.63, 3.8) is 0 Å². The van der Waals surface area contributed by atoms with Gasteiger partial charge in [-0.25, -0.2) is 4.79 Å². The number of carboxylic acids is 1. The van der Waals surface area contributed by atoms with Crippen LogP contribution in [-0.2, 0) is 4.79 Å². The number of aromatic carboxylic acids is 1. The average Bonchev–Trinajstić information content (AvgIpc) is 2.52. The monoisotopic (exact) mass is 332 g/mol. The first-order valence-electron chi connectivity index (χ1n) is 6.54. The van der Waals surface area contributed by atoms with Crippen molar-refractivity contribution in [2.45, 2.75) is 0 Å². The number of carbonyl (C=O) groups is 2. The molecule has 0 radical (unpaired) electrons. The molecule has 2 aromatic carbocycles. The highest BCUT2D eigenvalue weighted by Crippen LogP contribution is 2.22. The minimum absolute atomic E-state index is 0.00323. The number of primary amides is 1. The summed E-state index contributed by atoms with van der Waals surface area (Å²) in [5.74, 6) is -1.14. The Balaban J connectivity index is 2.09. The maximum absolute atomic E-state index is 11.0. The molecule has 2 aromatic rings. The molecule has 0 heterocycles. The van der Waals surface area contributed by atoms with Gasteiger partial charge < -0.3 is 15.6 Å². The average molecular weight is 333 g/mol. The highest BCUT2D eigenvalue weighted by atomic mass is 35.5. The summed E-state index contributed by atoms with van der Waals surface area (Å²) in [6.07, 6.45) is 1.58. The molecule has 0 spiro atoms. The number of hydrogen-bond donors (Lipinski definition) is 2. The standard InChI is InChI=1S/C16H13ClN2O4/c17-14-6-3-11(7-13(14)16(21)22)19-8-10-1-4-12(5-2-10)23-9-15(18)20/h1-8H,9H2,(H2,18,20)(H,21,22). The van der Waals surface area contributed by atoms with Crippen molar-refractivity contribution >= 4 is 35.4 Å². The molecule has 0 aromatic heterocycles. The van der Waals surface area contributed by atoms with Gasteiger partial charge in [-0.3, -0.25) is 9.79 Å². The Morgan fingerprint density at radius 1 is 1.22 bits per heavy atom. The van der Waals surface area contributed by atoms with Crippen molar-refractivity contribution in [1.82, 2.24) is 0 Å². The van der Waals surface area contributed by atoms with Gasteiger partial charge >= 0.3 is 5.97 Å². The molecule has 0 saturated heterocycles. The molecule has 0 aliphatic carbocycles. The molecule has 0 bridgehead atoms. The van der Waals surface area contributed by atoms with Crippen molar-refractivity contribution in [3.05, 3.63) is 58.6 Å². The van der Waals surface area contributed by atoms with E-state index < -0.39 is 11.9 Å². The molecule has 0 aliphatic rings. The molecular formula is C16H13ClN2O4. The van der Waals surface area contributed by atoms with E-state index in [4.69, 9.17) is 27.2 Å². The maximum atomic E-state index is 11.0. The number of benzene rings is 2. The number of ether oxygens (including phenoxy) is 1. The largest absolute Gasteiger partial charge is 0.484 e. The molecule has 1 amide bonds. The molecule has 23 heavy (non-hydrogen) atoms. The van der Waals surface area contributed by atoms with E-state index in [-0.39, 0.29) is 17.2 Å². The van der Waals surface area contributed by atoms with Crippen LogP contribution in [0, 0.1) is 0 Å². The Bertz CT molecular complexity index is 757. The Morgan fingerprint density at radius 2 is 1.91 bits per heavy atom. The van der Waals surface area contributed by atoms with E-state index in [2.05, 4.69) is 4.99 Å². The lowest BCUT2D eigenvalue weighted by atomic mass is 10.2. The minimum Gasteiger partial charge on any atom is -0.484 e. The fourth-order valence-electron chi connectivity index (χ4n) is 1.71. The van der Waals surface area contributed by atoms with Crippen LogP contribution in [0.4, 0.5) is 5.69 Å². The van der Waals surface area contributed by atoms with Gasteiger partial charge in [-0.2, -0.15) is 0 Å². The van der Waals surface area contributed by atoms with E-state index in [1.54, 1.807) is 36.5 Å². The number of rotatable bonds is 6. The molecular weight excluding hydrogens is 320 g/mol. The third kappa shape index (κ3) is 4.82. The van der Waals surface area contributed by atoms with Crippen molar-refractivity contribution in [2.24, 2.45) is 10.7 Å². The van der Waals surface area contributed by atoms with Gasteiger partial charge in [0, 0.05) is 6.21 Å². The predicted molar refractivity (Wildman–Crippen MR) is 86.8 cm³/mol. The first kappa shape index (κ1) is 16.5. The lowest BCUT2D eigenvalue weighted by Crippen LogP contribution is -2.19. The quantitative estimate of drug-likeness (QED) is 0.794. The second-order valence-corrected chi connectivity index (χ2v) is 4.96. The number of hydrogen-bond acceptors (Lipinski definition) is 4. The molecule has 0 saturated carbocycles. The molecule has 0 atom stereocenters. The summed E-state index contributed by atoms with van der Waals surface area (Å²) in [5, 5.41) is 9.17. The van der Waals surface area contributed by atoms with Gasteiger partial charge in [0.1, 0.15) is 5.75 Å². The topological polar surface area (TPSA) is 102 Å². The van der Waals surface area contributed by atoms with Crippen LogP contribution in [0.3, 0.4) is 0 Å². The van der Waals surface area contributed by atoms with Gasteiger partial charge in [0.25, 0.3) is 5.91 Å². The molecule has 7 heteroatoms. The number of amides is 1. The molecule has 3 N–H and O–H groups in total. The SMILES string of the molecule is NC(=O)COc1ccc(C=Nc2ccc(Cl)c(C(=O)O)c2)cc1. The van der Waals surface area contributed by atoms with E-state index in [1.165, 1.54) is 12.1 Å². The third-order valence-electron chi connectivity index (χ3n) is 2.80. The second-order valence-electron chi connectivity index (χ2n) is 4.55. The number of carboxylic acid groups (broad SMARTS) is 1. The summed E-state index contributed by atoms with van der Waals surface area (Å²) in [5.41, 5.74) is 6.24. The number of nitrogens with zero attached hydrogens (tertiary/aromatic N) is 1. The maximum Gasteiger partial charge on any atom is 0.337 e. The highest BCUT2D eigenvalue weighted by Gasteiger charge is 2.08.